The van der Waals surface area contributed by atoms with Crippen LogP contribution in [0.3, 0.4) is 0 Å². The van der Waals surface area contributed by atoms with Gasteiger partial charge in [-0.15, -0.1) is 0 Å². The van der Waals surface area contributed by atoms with Crippen molar-refractivity contribution in [1.82, 2.24) is 0 Å². The highest BCUT2D eigenvalue weighted by Crippen LogP contribution is 2.13. The summed E-state index contributed by atoms with van der Waals surface area (Å²) in [7, 11) is 0. The molecule has 0 fully saturated rings. The predicted molar refractivity (Wildman–Crippen MR) is 80.6 cm³/mol. The van der Waals surface area contributed by atoms with Crippen LogP contribution in [0.25, 0.3) is 0 Å². The molecule has 0 unspecified atom stereocenters. The molecule has 0 N–H and O–H groups in total. The molecule has 0 aliphatic carbocycles. The minimum absolute atomic E-state index is 0.00536. The summed E-state index contributed by atoms with van der Waals surface area (Å²) in [6, 6.07) is 0. The fourth-order valence-corrected chi connectivity index (χ4v) is 1.57. The maximum Gasteiger partial charge on any atom is 0.342 e. The van der Waals surface area contributed by atoms with Gasteiger partial charge in [0.1, 0.15) is 11.3 Å². The summed E-state index contributed by atoms with van der Waals surface area (Å²) in [5.41, 5.74) is 0.00536. The molecule has 0 bridgehead atoms. The van der Waals surface area contributed by atoms with Gasteiger partial charge in [-0.05, 0) is 20.3 Å². The fourth-order valence-electron chi connectivity index (χ4n) is 1.57. The fraction of sp³-hybridized carbons (Fsp3) is 0.625. The highest BCUT2D eigenvalue weighted by Gasteiger charge is 2.18. The number of esters is 2. The lowest BCUT2D eigenvalue weighted by Gasteiger charge is -2.12. The van der Waals surface area contributed by atoms with Gasteiger partial charge in [-0.25, -0.2) is 9.59 Å². The van der Waals surface area contributed by atoms with Crippen molar-refractivity contribution < 1.29 is 23.8 Å². The number of carbonyl (C=O) groups excluding carboxylic acids is 2. The van der Waals surface area contributed by atoms with Gasteiger partial charge in [-0.1, -0.05) is 32.8 Å². The molecule has 0 heterocycles. The summed E-state index contributed by atoms with van der Waals surface area (Å²) in [6.07, 6.45) is 5.27. The van der Waals surface area contributed by atoms with Gasteiger partial charge in [-0.3, -0.25) is 0 Å². The first-order valence-electron chi connectivity index (χ1n) is 7.44. The van der Waals surface area contributed by atoms with Crippen LogP contribution in [0.5, 0.6) is 0 Å². The smallest absolute Gasteiger partial charge is 0.342 e. The average Bonchev–Trinajstić information content (AvgIpc) is 2.44. The third-order valence-electron chi connectivity index (χ3n) is 2.62. The van der Waals surface area contributed by atoms with Crippen molar-refractivity contribution >= 4 is 11.9 Å². The first-order chi connectivity index (χ1) is 10.1. The van der Waals surface area contributed by atoms with Crippen molar-refractivity contribution in [3.8, 4) is 0 Å². The molecule has 21 heavy (non-hydrogen) atoms. The Morgan fingerprint density at radius 1 is 0.952 bits per heavy atom. The predicted octanol–water partition coefficient (Wildman–Crippen LogP) is 3.15. The molecule has 0 aromatic rings. The van der Waals surface area contributed by atoms with Gasteiger partial charge in [0.25, 0.3) is 0 Å². The van der Waals surface area contributed by atoms with E-state index in [0.717, 1.165) is 31.8 Å². The number of rotatable bonds is 11. The Kier molecular flexibility index (Phi) is 11.0. The summed E-state index contributed by atoms with van der Waals surface area (Å²) < 4.78 is 15.1. The van der Waals surface area contributed by atoms with E-state index < -0.39 is 11.9 Å². The van der Waals surface area contributed by atoms with Crippen LogP contribution in [0.4, 0.5) is 0 Å². The van der Waals surface area contributed by atoms with Crippen molar-refractivity contribution in [2.24, 2.45) is 0 Å². The zero-order chi connectivity index (χ0) is 16.1. The Labute approximate surface area is 126 Å². The topological polar surface area (TPSA) is 61.8 Å². The minimum atomic E-state index is -0.635. The van der Waals surface area contributed by atoms with Gasteiger partial charge in [-0.2, -0.15) is 0 Å². The quantitative estimate of drug-likeness (QED) is 0.193. The standard InChI is InChI=1S/C16H26O5/c1-5-8-9-10-11-21-13(4)14(16(18)20-7-3)12-15(17)19-6-2/h12H,4-11H2,1-3H3/b14-12-. The van der Waals surface area contributed by atoms with Gasteiger partial charge < -0.3 is 14.2 Å². The highest BCUT2D eigenvalue weighted by molar-refractivity contribution is 5.99. The first-order valence-corrected chi connectivity index (χ1v) is 7.44. The van der Waals surface area contributed by atoms with Crippen molar-refractivity contribution in [2.45, 2.75) is 46.5 Å². The van der Waals surface area contributed by atoms with Crippen LogP contribution in [-0.4, -0.2) is 31.8 Å². The molecular weight excluding hydrogens is 272 g/mol. The second-order valence-corrected chi connectivity index (χ2v) is 4.36. The Morgan fingerprint density at radius 2 is 1.62 bits per heavy atom. The van der Waals surface area contributed by atoms with Gasteiger partial charge >= 0.3 is 11.9 Å². The molecule has 120 valence electrons. The van der Waals surface area contributed by atoms with Gasteiger partial charge in [0.2, 0.25) is 0 Å². The van der Waals surface area contributed by atoms with E-state index in [9.17, 15) is 9.59 Å². The molecule has 0 radical (unpaired) electrons. The summed E-state index contributed by atoms with van der Waals surface area (Å²) in [5.74, 6) is -1.11. The number of hydrogen-bond acceptors (Lipinski definition) is 5. The first kappa shape index (κ1) is 19.2. The SMILES string of the molecule is C=C(OCCCCCC)/C(=C/C(=O)OCC)C(=O)OCC. The van der Waals surface area contributed by atoms with Crippen molar-refractivity contribution in [1.29, 1.82) is 0 Å². The van der Waals surface area contributed by atoms with E-state index in [2.05, 4.69) is 13.5 Å². The average molecular weight is 298 g/mol. The van der Waals surface area contributed by atoms with Crippen molar-refractivity contribution in [2.75, 3.05) is 19.8 Å². The van der Waals surface area contributed by atoms with Crippen LogP contribution < -0.4 is 0 Å². The Bertz CT molecular complexity index is 371. The third kappa shape index (κ3) is 8.89. The van der Waals surface area contributed by atoms with Crippen LogP contribution in [0.2, 0.25) is 0 Å². The monoisotopic (exact) mass is 298 g/mol. The minimum Gasteiger partial charge on any atom is -0.493 e. The van der Waals surface area contributed by atoms with Crippen LogP contribution in [0, 0.1) is 0 Å². The van der Waals surface area contributed by atoms with E-state index in [-0.39, 0.29) is 24.5 Å². The molecule has 0 aromatic heterocycles. The third-order valence-corrected chi connectivity index (χ3v) is 2.62. The molecule has 5 heteroatoms. The maximum absolute atomic E-state index is 11.8. The molecule has 0 amide bonds. The van der Waals surface area contributed by atoms with Crippen LogP contribution in [0.1, 0.15) is 46.5 Å². The molecule has 0 aliphatic heterocycles. The second-order valence-electron chi connectivity index (χ2n) is 4.36. The lowest BCUT2D eigenvalue weighted by molar-refractivity contribution is -0.141. The number of unbranched alkanes of at least 4 members (excludes halogenated alkanes) is 3. The van der Waals surface area contributed by atoms with Gasteiger partial charge in [0.15, 0.2) is 0 Å². The zero-order valence-corrected chi connectivity index (χ0v) is 13.3. The molecule has 5 nitrogen and oxygen atoms in total. The lowest BCUT2D eigenvalue weighted by atomic mass is 10.2. The Morgan fingerprint density at radius 3 is 2.19 bits per heavy atom. The Balaban J connectivity index is 4.60. The molecule has 0 saturated carbocycles. The van der Waals surface area contributed by atoms with E-state index in [4.69, 9.17) is 14.2 Å². The van der Waals surface area contributed by atoms with E-state index >= 15 is 0 Å². The largest absolute Gasteiger partial charge is 0.493 e. The van der Waals surface area contributed by atoms with Crippen LogP contribution in [-0.2, 0) is 23.8 Å². The summed E-state index contributed by atoms with van der Waals surface area (Å²) in [5, 5.41) is 0. The van der Waals surface area contributed by atoms with E-state index in [0.29, 0.717) is 6.61 Å². The molecule has 0 rings (SSSR count). The number of hydrogen-bond donors (Lipinski definition) is 0. The van der Waals surface area contributed by atoms with Crippen molar-refractivity contribution in [3.63, 3.8) is 0 Å². The molecular formula is C16H26O5. The summed E-state index contributed by atoms with van der Waals surface area (Å²) in [6.45, 7) is 10.1. The highest BCUT2D eigenvalue weighted by atomic mass is 16.5. The molecule has 0 aliphatic rings. The molecule has 0 saturated heterocycles. The van der Waals surface area contributed by atoms with E-state index in [1.54, 1.807) is 13.8 Å². The molecule has 0 spiro atoms. The van der Waals surface area contributed by atoms with E-state index in [1.165, 1.54) is 0 Å². The van der Waals surface area contributed by atoms with Gasteiger partial charge in [0.05, 0.1) is 19.8 Å². The van der Waals surface area contributed by atoms with Crippen LogP contribution >= 0.6 is 0 Å². The van der Waals surface area contributed by atoms with Crippen LogP contribution in [0.15, 0.2) is 24.0 Å². The Hall–Kier alpha value is -1.78. The molecule has 0 aromatic carbocycles. The second kappa shape index (κ2) is 12.0. The summed E-state index contributed by atoms with van der Waals surface area (Å²) >= 11 is 0. The molecule has 0 atom stereocenters. The maximum atomic E-state index is 11.8. The van der Waals surface area contributed by atoms with Gasteiger partial charge in [0, 0.05) is 6.08 Å². The van der Waals surface area contributed by atoms with Crippen molar-refractivity contribution in [3.05, 3.63) is 24.0 Å². The zero-order valence-electron chi connectivity index (χ0n) is 13.3. The normalized spacial score (nSPS) is 10.9. The summed E-state index contributed by atoms with van der Waals surface area (Å²) in [4.78, 5) is 23.3. The lowest BCUT2D eigenvalue weighted by Crippen LogP contribution is -2.14. The van der Waals surface area contributed by atoms with E-state index in [1.807, 2.05) is 0 Å². The number of carbonyl (C=O) groups is 2. The number of ether oxygens (including phenoxy) is 3.